The molecule has 2 N–H and O–H groups in total. The van der Waals surface area contributed by atoms with Crippen LogP contribution in [0, 0.1) is 0 Å². The van der Waals surface area contributed by atoms with E-state index in [2.05, 4.69) is 22.0 Å². The van der Waals surface area contributed by atoms with E-state index in [4.69, 9.17) is 10.5 Å². The molecule has 1 fully saturated rings. The average Bonchev–Trinajstić information content (AvgIpc) is 2.77. The molecule has 0 amide bonds. The van der Waals surface area contributed by atoms with E-state index in [9.17, 15) is 0 Å². The van der Waals surface area contributed by atoms with E-state index in [1.807, 2.05) is 0 Å². The molecule has 1 aliphatic carbocycles. The highest BCUT2D eigenvalue weighted by molar-refractivity contribution is 9.10. The van der Waals surface area contributed by atoms with E-state index >= 15 is 0 Å². The third-order valence-electron chi connectivity index (χ3n) is 2.65. The number of thiophene rings is 1. The van der Waals surface area contributed by atoms with Crippen LogP contribution in [0.25, 0.3) is 0 Å². The summed E-state index contributed by atoms with van der Waals surface area (Å²) in [5, 5.41) is 0.960. The van der Waals surface area contributed by atoms with Crippen molar-refractivity contribution in [3.63, 3.8) is 0 Å². The molecule has 2 rings (SSSR count). The quantitative estimate of drug-likeness (QED) is 0.917. The van der Waals surface area contributed by atoms with Crippen molar-refractivity contribution in [2.24, 2.45) is 5.73 Å². The summed E-state index contributed by atoms with van der Waals surface area (Å²) in [5.41, 5.74) is 6.19. The van der Waals surface area contributed by atoms with E-state index in [1.54, 1.807) is 18.4 Å². The van der Waals surface area contributed by atoms with Crippen LogP contribution in [0.5, 0.6) is 5.06 Å². The fourth-order valence-corrected chi connectivity index (χ4v) is 3.13. The van der Waals surface area contributed by atoms with E-state index in [1.165, 1.54) is 17.7 Å². The molecule has 0 bridgehead atoms. The van der Waals surface area contributed by atoms with Gasteiger partial charge < -0.3 is 10.5 Å². The lowest BCUT2D eigenvalue weighted by Crippen LogP contribution is -2.21. The maximum atomic E-state index is 6.03. The predicted octanol–water partition coefficient (Wildman–Crippen LogP) is 2.94. The van der Waals surface area contributed by atoms with Crippen molar-refractivity contribution in [3.8, 4) is 5.06 Å². The van der Waals surface area contributed by atoms with Crippen LogP contribution in [0.1, 0.15) is 24.1 Å². The van der Waals surface area contributed by atoms with Gasteiger partial charge in [0, 0.05) is 10.4 Å². The molecule has 0 atom stereocenters. The van der Waals surface area contributed by atoms with Crippen molar-refractivity contribution in [2.45, 2.75) is 31.2 Å². The van der Waals surface area contributed by atoms with Gasteiger partial charge in [-0.05, 0) is 47.7 Å². The van der Waals surface area contributed by atoms with Crippen molar-refractivity contribution >= 4 is 27.3 Å². The van der Waals surface area contributed by atoms with Gasteiger partial charge in [0.1, 0.15) is 0 Å². The largest absolute Gasteiger partial charge is 0.486 e. The number of aryl methyl sites for hydroxylation is 1. The number of ether oxygens (including phenoxy) is 1. The maximum Gasteiger partial charge on any atom is 0.188 e. The second-order valence-electron chi connectivity index (χ2n) is 3.91. The van der Waals surface area contributed by atoms with Crippen molar-refractivity contribution in [2.75, 3.05) is 7.11 Å². The monoisotopic (exact) mass is 275 g/mol. The van der Waals surface area contributed by atoms with Gasteiger partial charge in [-0.2, -0.15) is 0 Å². The summed E-state index contributed by atoms with van der Waals surface area (Å²) in [5.74, 6) is 0. The Morgan fingerprint density at radius 3 is 2.86 bits per heavy atom. The fourth-order valence-electron chi connectivity index (χ4n) is 1.44. The van der Waals surface area contributed by atoms with Crippen LogP contribution in [0.3, 0.4) is 0 Å². The first-order valence-corrected chi connectivity index (χ1v) is 6.35. The summed E-state index contributed by atoms with van der Waals surface area (Å²) < 4.78 is 6.27. The minimum atomic E-state index is 0.156. The molecule has 1 heterocycles. The zero-order valence-electron chi connectivity index (χ0n) is 8.18. The molecular formula is C10H14BrNOS. The van der Waals surface area contributed by atoms with Crippen LogP contribution in [0.15, 0.2) is 10.5 Å². The van der Waals surface area contributed by atoms with Gasteiger partial charge in [-0.1, -0.05) is 0 Å². The Hall–Kier alpha value is -0.0600. The molecule has 1 saturated carbocycles. The second-order valence-corrected chi connectivity index (χ2v) is 5.87. The SMILES string of the molecule is COc1sc(CCC2(N)CC2)cc1Br. The van der Waals surface area contributed by atoms with E-state index in [0.29, 0.717) is 0 Å². The Labute approximate surface area is 96.6 Å². The maximum absolute atomic E-state index is 6.03. The lowest BCUT2D eigenvalue weighted by atomic mass is 10.1. The summed E-state index contributed by atoms with van der Waals surface area (Å²) in [4.78, 5) is 1.35. The molecule has 1 aromatic heterocycles. The number of hydrogen-bond donors (Lipinski definition) is 1. The Bertz CT molecular complexity index is 333. The van der Waals surface area contributed by atoms with Gasteiger partial charge >= 0.3 is 0 Å². The van der Waals surface area contributed by atoms with Crippen molar-refractivity contribution in [1.29, 1.82) is 0 Å². The fraction of sp³-hybridized carbons (Fsp3) is 0.600. The summed E-state index contributed by atoms with van der Waals surface area (Å²) >= 11 is 5.17. The lowest BCUT2D eigenvalue weighted by Gasteiger charge is -2.05. The molecule has 1 aliphatic rings. The van der Waals surface area contributed by atoms with Crippen molar-refractivity contribution < 1.29 is 4.74 Å². The molecule has 0 aliphatic heterocycles. The Morgan fingerprint density at radius 1 is 1.64 bits per heavy atom. The molecule has 2 nitrogen and oxygen atoms in total. The highest BCUT2D eigenvalue weighted by Crippen LogP contribution is 2.39. The first-order chi connectivity index (χ1) is 6.63. The molecule has 0 radical (unpaired) electrons. The minimum absolute atomic E-state index is 0.156. The van der Waals surface area contributed by atoms with Crippen molar-refractivity contribution in [1.82, 2.24) is 0 Å². The molecule has 1 aromatic rings. The number of nitrogens with two attached hydrogens (primary N) is 1. The van der Waals surface area contributed by atoms with Crippen LogP contribution in [-0.2, 0) is 6.42 Å². The highest BCUT2D eigenvalue weighted by atomic mass is 79.9. The summed E-state index contributed by atoms with van der Waals surface area (Å²) in [6.07, 6.45) is 4.56. The first kappa shape index (κ1) is 10.5. The highest BCUT2D eigenvalue weighted by Gasteiger charge is 2.37. The lowest BCUT2D eigenvalue weighted by molar-refractivity contribution is 0.425. The van der Waals surface area contributed by atoms with E-state index < -0.39 is 0 Å². The van der Waals surface area contributed by atoms with Gasteiger partial charge in [0.25, 0.3) is 0 Å². The predicted molar refractivity (Wildman–Crippen MR) is 63.0 cm³/mol. The molecule has 0 saturated heterocycles. The van der Waals surface area contributed by atoms with Gasteiger partial charge in [0.2, 0.25) is 0 Å². The van der Waals surface area contributed by atoms with Gasteiger partial charge in [-0.3, -0.25) is 0 Å². The van der Waals surface area contributed by atoms with E-state index in [-0.39, 0.29) is 5.54 Å². The molecular weight excluding hydrogens is 262 g/mol. The number of hydrogen-bond acceptors (Lipinski definition) is 3. The molecule has 0 spiro atoms. The molecule has 78 valence electrons. The van der Waals surface area contributed by atoms with Crippen molar-refractivity contribution in [3.05, 3.63) is 15.4 Å². The molecule has 0 unspecified atom stereocenters. The Balaban J connectivity index is 1.95. The molecule has 4 heteroatoms. The minimum Gasteiger partial charge on any atom is -0.486 e. The van der Waals surface area contributed by atoms with E-state index in [0.717, 1.165) is 22.4 Å². The third-order valence-corrected chi connectivity index (χ3v) is 4.66. The van der Waals surface area contributed by atoms with Gasteiger partial charge in [0.15, 0.2) is 5.06 Å². The molecule has 0 aromatic carbocycles. The summed E-state index contributed by atoms with van der Waals surface area (Å²) in [7, 11) is 1.70. The third kappa shape index (κ3) is 2.30. The van der Waals surface area contributed by atoms with Gasteiger partial charge in [-0.15, -0.1) is 11.3 Å². The van der Waals surface area contributed by atoms with Crippen LogP contribution < -0.4 is 10.5 Å². The number of methoxy groups -OCH3 is 1. The van der Waals surface area contributed by atoms with Gasteiger partial charge in [-0.25, -0.2) is 0 Å². The number of rotatable bonds is 4. The average molecular weight is 276 g/mol. The van der Waals surface area contributed by atoms with Gasteiger partial charge in [0.05, 0.1) is 11.6 Å². The Kier molecular flexibility index (Phi) is 2.86. The zero-order chi connectivity index (χ0) is 10.2. The zero-order valence-corrected chi connectivity index (χ0v) is 10.6. The first-order valence-electron chi connectivity index (χ1n) is 4.74. The normalized spacial score (nSPS) is 18.2. The van der Waals surface area contributed by atoms with Crippen LogP contribution in [0.4, 0.5) is 0 Å². The topological polar surface area (TPSA) is 35.2 Å². The summed E-state index contributed by atoms with van der Waals surface area (Å²) in [6.45, 7) is 0. The summed E-state index contributed by atoms with van der Waals surface area (Å²) in [6, 6.07) is 2.13. The second kappa shape index (κ2) is 3.83. The Morgan fingerprint density at radius 2 is 2.36 bits per heavy atom. The standard InChI is InChI=1S/C10H14BrNOS/c1-13-9-8(11)6-7(14-9)2-3-10(12)4-5-10/h6H,2-5,12H2,1H3. The number of halogens is 1. The van der Waals surface area contributed by atoms with Crippen LogP contribution in [0.2, 0.25) is 0 Å². The van der Waals surface area contributed by atoms with Crippen LogP contribution in [-0.4, -0.2) is 12.6 Å². The smallest absolute Gasteiger partial charge is 0.188 e. The van der Waals surface area contributed by atoms with Crippen LogP contribution >= 0.6 is 27.3 Å². The molecule has 14 heavy (non-hydrogen) atoms.